The van der Waals surface area contributed by atoms with E-state index in [4.69, 9.17) is 4.74 Å². The lowest BCUT2D eigenvalue weighted by atomic mass is 9.86. The molecule has 0 aromatic carbocycles. The number of carbonyl (C=O) groups excluding carboxylic acids is 2. The van der Waals surface area contributed by atoms with Gasteiger partial charge in [-0.25, -0.2) is 0 Å². The standard InChI is InChI=1S/C19H23N5O3/c1-22-15(5-10-21-22)18(25)23-11-6-14(7-12-23)24-16(17(27-2)19(24)26)13-3-8-20-9-4-13/h3-5,8-10,14,16-17H,6-7,11-12H2,1-2H3/t16-,17+/m0/s1. The van der Waals surface area contributed by atoms with Crippen LogP contribution in [0.3, 0.4) is 0 Å². The zero-order valence-electron chi connectivity index (χ0n) is 15.5. The van der Waals surface area contributed by atoms with Gasteiger partial charge in [0, 0.05) is 51.9 Å². The van der Waals surface area contributed by atoms with Gasteiger partial charge in [-0.2, -0.15) is 5.10 Å². The van der Waals surface area contributed by atoms with Gasteiger partial charge in [-0.05, 0) is 36.6 Å². The average Bonchev–Trinajstić information content (AvgIpc) is 3.13. The molecule has 2 atom stereocenters. The van der Waals surface area contributed by atoms with E-state index < -0.39 is 6.10 Å². The largest absolute Gasteiger partial charge is 0.369 e. The van der Waals surface area contributed by atoms with Crippen LogP contribution < -0.4 is 0 Å². The van der Waals surface area contributed by atoms with E-state index in [0.29, 0.717) is 18.8 Å². The monoisotopic (exact) mass is 369 g/mol. The summed E-state index contributed by atoms with van der Waals surface area (Å²) in [7, 11) is 3.34. The highest BCUT2D eigenvalue weighted by atomic mass is 16.5. The van der Waals surface area contributed by atoms with Gasteiger partial charge >= 0.3 is 0 Å². The molecule has 142 valence electrons. The number of pyridine rings is 1. The zero-order valence-corrected chi connectivity index (χ0v) is 15.5. The van der Waals surface area contributed by atoms with Crippen LogP contribution >= 0.6 is 0 Å². The van der Waals surface area contributed by atoms with E-state index in [2.05, 4.69) is 10.1 Å². The third kappa shape index (κ3) is 2.99. The lowest BCUT2D eigenvalue weighted by Crippen LogP contribution is -2.64. The minimum atomic E-state index is -0.443. The number of rotatable bonds is 4. The van der Waals surface area contributed by atoms with Crippen LogP contribution in [0.1, 0.15) is 34.9 Å². The number of β-lactam (4-membered cyclic amide) rings is 1. The van der Waals surface area contributed by atoms with Gasteiger partial charge < -0.3 is 14.5 Å². The van der Waals surface area contributed by atoms with E-state index in [0.717, 1.165) is 18.4 Å². The molecule has 8 nitrogen and oxygen atoms in total. The van der Waals surface area contributed by atoms with Crippen molar-refractivity contribution in [3.05, 3.63) is 48.0 Å². The highest BCUT2D eigenvalue weighted by Crippen LogP contribution is 2.40. The molecule has 0 spiro atoms. The van der Waals surface area contributed by atoms with Crippen molar-refractivity contribution in [2.45, 2.75) is 31.0 Å². The van der Waals surface area contributed by atoms with Crippen LogP contribution in [0.4, 0.5) is 0 Å². The molecule has 0 N–H and O–H groups in total. The fraction of sp³-hybridized carbons (Fsp3) is 0.474. The highest BCUT2D eigenvalue weighted by molar-refractivity contribution is 5.92. The van der Waals surface area contributed by atoms with Crippen LogP contribution in [-0.2, 0) is 16.6 Å². The summed E-state index contributed by atoms with van der Waals surface area (Å²) in [6.07, 6.45) is 6.17. The second kappa shape index (κ2) is 7.11. The molecule has 2 fully saturated rings. The topological polar surface area (TPSA) is 80.6 Å². The molecule has 27 heavy (non-hydrogen) atoms. The van der Waals surface area contributed by atoms with E-state index in [9.17, 15) is 9.59 Å². The number of nitrogens with zero attached hydrogens (tertiary/aromatic N) is 5. The number of likely N-dealkylation sites (tertiary alicyclic amines) is 2. The molecule has 4 heterocycles. The van der Waals surface area contributed by atoms with Gasteiger partial charge in [0.25, 0.3) is 11.8 Å². The van der Waals surface area contributed by atoms with Gasteiger partial charge in [-0.3, -0.25) is 19.3 Å². The summed E-state index contributed by atoms with van der Waals surface area (Å²) in [6, 6.07) is 5.61. The van der Waals surface area contributed by atoms with Crippen LogP contribution in [0.2, 0.25) is 0 Å². The van der Waals surface area contributed by atoms with Crippen LogP contribution in [0.15, 0.2) is 36.8 Å². The maximum Gasteiger partial charge on any atom is 0.272 e. The van der Waals surface area contributed by atoms with E-state index in [1.165, 1.54) is 0 Å². The van der Waals surface area contributed by atoms with Crippen molar-refractivity contribution < 1.29 is 14.3 Å². The van der Waals surface area contributed by atoms with E-state index in [-0.39, 0.29) is 23.9 Å². The van der Waals surface area contributed by atoms with Gasteiger partial charge in [0.05, 0.1) is 6.04 Å². The van der Waals surface area contributed by atoms with Crippen LogP contribution in [0, 0.1) is 0 Å². The van der Waals surface area contributed by atoms with Gasteiger partial charge in [-0.15, -0.1) is 0 Å². The summed E-state index contributed by atoms with van der Waals surface area (Å²) in [5.41, 5.74) is 1.62. The minimum absolute atomic E-state index is 0.0103. The lowest BCUT2D eigenvalue weighted by Gasteiger charge is -2.52. The zero-order chi connectivity index (χ0) is 19.0. The summed E-state index contributed by atoms with van der Waals surface area (Å²) in [5.74, 6) is 0.0135. The molecule has 2 aliphatic heterocycles. The Morgan fingerprint density at radius 1 is 1.15 bits per heavy atom. The molecule has 0 aliphatic carbocycles. The molecule has 2 aromatic heterocycles. The number of carbonyl (C=O) groups is 2. The molecule has 0 bridgehead atoms. The molecule has 0 unspecified atom stereocenters. The van der Waals surface area contributed by atoms with Crippen LogP contribution in [-0.4, -0.2) is 68.7 Å². The van der Waals surface area contributed by atoms with Gasteiger partial charge in [0.1, 0.15) is 5.69 Å². The first kappa shape index (κ1) is 17.7. The minimum Gasteiger partial charge on any atom is -0.369 e. The Kier molecular flexibility index (Phi) is 4.65. The van der Waals surface area contributed by atoms with E-state index in [1.807, 2.05) is 21.9 Å². The van der Waals surface area contributed by atoms with Crippen molar-refractivity contribution in [3.8, 4) is 0 Å². The first-order valence-electron chi connectivity index (χ1n) is 9.14. The first-order valence-corrected chi connectivity index (χ1v) is 9.14. The number of amides is 2. The number of methoxy groups -OCH3 is 1. The number of piperidine rings is 1. The van der Waals surface area contributed by atoms with Crippen molar-refractivity contribution in [1.82, 2.24) is 24.6 Å². The smallest absolute Gasteiger partial charge is 0.272 e. The third-order valence-electron chi connectivity index (χ3n) is 5.57. The molecule has 0 radical (unpaired) electrons. The maximum atomic E-state index is 12.6. The molecule has 0 saturated carbocycles. The Balaban J connectivity index is 1.45. The fourth-order valence-corrected chi connectivity index (χ4v) is 4.11. The van der Waals surface area contributed by atoms with Crippen molar-refractivity contribution >= 4 is 11.8 Å². The second-order valence-corrected chi connectivity index (χ2v) is 6.99. The first-order chi connectivity index (χ1) is 13.1. The molecule has 2 saturated heterocycles. The van der Waals surface area contributed by atoms with Gasteiger partial charge in [0.15, 0.2) is 6.10 Å². The number of hydrogen-bond donors (Lipinski definition) is 0. The summed E-state index contributed by atoms with van der Waals surface area (Å²) < 4.78 is 7.02. The Morgan fingerprint density at radius 3 is 2.44 bits per heavy atom. The molecule has 2 aliphatic rings. The third-order valence-corrected chi connectivity index (χ3v) is 5.57. The lowest BCUT2D eigenvalue weighted by molar-refractivity contribution is -0.178. The summed E-state index contributed by atoms with van der Waals surface area (Å²) >= 11 is 0. The molecular weight excluding hydrogens is 346 g/mol. The summed E-state index contributed by atoms with van der Waals surface area (Å²) in [5, 5.41) is 4.07. The average molecular weight is 369 g/mol. The second-order valence-electron chi connectivity index (χ2n) is 6.99. The van der Waals surface area contributed by atoms with Crippen molar-refractivity contribution in [3.63, 3.8) is 0 Å². The normalized spacial score (nSPS) is 23.4. The summed E-state index contributed by atoms with van der Waals surface area (Å²) in [6.45, 7) is 1.25. The van der Waals surface area contributed by atoms with Crippen LogP contribution in [0.5, 0.6) is 0 Å². The predicted octanol–water partition coefficient (Wildman–Crippen LogP) is 1.02. The Morgan fingerprint density at radius 2 is 1.85 bits per heavy atom. The molecule has 2 amide bonds. The molecule has 8 heteroatoms. The van der Waals surface area contributed by atoms with E-state index >= 15 is 0 Å². The quantitative estimate of drug-likeness (QED) is 0.752. The number of aromatic nitrogens is 3. The predicted molar refractivity (Wildman–Crippen MR) is 96.8 cm³/mol. The summed E-state index contributed by atoms with van der Waals surface area (Å²) in [4.78, 5) is 33.1. The van der Waals surface area contributed by atoms with Gasteiger partial charge in [0.2, 0.25) is 0 Å². The Hall–Kier alpha value is -2.74. The molecule has 4 rings (SSSR count). The van der Waals surface area contributed by atoms with Crippen molar-refractivity contribution in [1.29, 1.82) is 0 Å². The van der Waals surface area contributed by atoms with Crippen molar-refractivity contribution in [2.75, 3.05) is 20.2 Å². The van der Waals surface area contributed by atoms with Crippen LogP contribution in [0.25, 0.3) is 0 Å². The number of aryl methyl sites for hydroxylation is 1. The Bertz CT molecular complexity index is 829. The number of ether oxygens (including phenoxy) is 1. The Labute approximate surface area is 157 Å². The molecule has 2 aromatic rings. The highest BCUT2D eigenvalue weighted by Gasteiger charge is 2.51. The van der Waals surface area contributed by atoms with E-state index in [1.54, 1.807) is 43.5 Å². The SMILES string of the molecule is CO[C@H]1C(=O)N(C2CCN(C(=O)c3ccnn3C)CC2)[C@H]1c1ccncc1. The number of hydrogen-bond acceptors (Lipinski definition) is 5. The van der Waals surface area contributed by atoms with Crippen molar-refractivity contribution in [2.24, 2.45) is 7.05 Å². The van der Waals surface area contributed by atoms with Gasteiger partial charge in [-0.1, -0.05) is 0 Å². The molecular formula is C19H23N5O3. The maximum absolute atomic E-state index is 12.6. The fourth-order valence-electron chi connectivity index (χ4n) is 4.11.